The third kappa shape index (κ3) is 3.52. The van der Waals surface area contributed by atoms with Crippen molar-refractivity contribution in [3.63, 3.8) is 0 Å². The molecule has 2 saturated heterocycles. The SMILES string of the molecule is CC(=O)CCCCN1CCC2CCC(C1)N2C. The molecular formula is C14H26N2O. The number of fused-ring (bicyclic) bond motifs is 2. The molecule has 2 aliphatic heterocycles. The highest BCUT2D eigenvalue weighted by molar-refractivity contribution is 5.75. The monoisotopic (exact) mass is 238 g/mol. The van der Waals surface area contributed by atoms with E-state index in [1.807, 2.05) is 0 Å². The Bertz CT molecular complexity index is 267. The van der Waals surface area contributed by atoms with Gasteiger partial charge < -0.3 is 9.69 Å². The summed E-state index contributed by atoms with van der Waals surface area (Å²) in [6.07, 6.45) is 7.13. The maximum Gasteiger partial charge on any atom is 0.129 e. The average Bonchev–Trinajstić information content (AvgIpc) is 2.51. The van der Waals surface area contributed by atoms with Crippen LogP contribution < -0.4 is 0 Å². The van der Waals surface area contributed by atoms with E-state index < -0.39 is 0 Å². The summed E-state index contributed by atoms with van der Waals surface area (Å²) in [7, 11) is 2.29. The second-order valence-electron chi connectivity index (χ2n) is 5.80. The van der Waals surface area contributed by atoms with E-state index in [0.717, 1.165) is 24.9 Å². The highest BCUT2D eigenvalue weighted by Gasteiger charge is 2.34. The lowest BCUT2D eigenvalue weighted by Gasteiger charge is -2.25. The number of ketones is 1. The number of unbranched alkanes of at least 4 members (excludes halogenated alkanes) is 1. The van der Waals surface area contributed by atoms with Crippen molar-refractivity contribution in [2.45, 2.75) is 57.5 Å². The lowest BCUT2D eigenvalue weighted by atomic mass is 10.1. The third-order valence-electron chi connectivity index (χ3n) is 4.49. The molecule has 2 fully saturated rings. The van der Waals surface area contributed by atoms with E-state index in [1.54, 1.807) is 6.92 Å². The molecule has 0 amide bonds. The Morgan fingerprint density at radius 3 is 2.71 bits per heavy atom. The van der Waals surface area contributed by atoms with E-state index in [-0.39, 0.29) is 0 Å². The molecule has 0 spiro atoms. The zero-order valence-electron chi connectivity index (χ0n) is 11.3. The van der Waals surface area contributed by atoms with E-state index in [4.69, 9.17) is 0 Å². The van der Waals surface area contributed by atoms with Crippen molar-refractivity contribution in [3.8, 4) is 0 Å². The minimum Gasteiger partial charge on any atom is -0.302 e. The molecule has 98 valence electrons. The maximum absolute atomic E-state index is 10.9. The molecule has 3 heteroatoms. The molecule has 0 aromatic carbocycles. The van der Waals surface area contributed by atoms with Crippen molar-refractivity contribution in [1.82, 2.24) is 9.80 Å². The number of carbonyl (C=O) groups excluding carboxylic acids is 1. The first-order valence-electron chi connectivity index (χ1n) is 7.10. The number of rotatable bonds is 5. The molecule has 0 aliphatic carbocycles. The smallest absolute Gasteiger partial charge is 0.129 e. The third-order valence-corrected chi connectivity index (χ3v) is 4.49. The van der Waals surface area contributed by atoms with Crippen LogP contribution in [0.2, 0.25) is 0 Å². The summed E-state index contributed by atoms with van der Waals surface area (Å²) in [6, 6.07) is 1.62. The molecule has 2 atom stereocenters. The van der Waals surface area contributed by atoms with Gasteiger partial charge in [-0.05, 0) is 59.2 Å². The fourth-order valence-electron chi connectivity index (χ4n) is 3.29. The second kappa shape index (κ2) is 5.96. The molecule has 2 heterocycles. The zero-order valence-corrected chi connectivity index (χ0v) is 11.3. The summed E-state index contributed by atoms with van der Waals surface area (Å²) in [5.74, 6) is 0.333. The number of carbonyl (C=O) groups is 1. The number of likely N-dealkylation sites (N-methyl/N-ethyl adjacent to an activating group) is 1. The Kier molecular flexibility index (Phi) is 4.57. The van der Waals surface area contributed by atoms with Crippen molar-refractivity contribution < 1.29 is 4.79 Å². The molecule has 17 heavy (non-hydrogen) atoms. The van der Waals surface area contributed by atoms with Crippen LogP contribution in [0.4, 0.5) is 0 Å². The molecule has 0 aromatic heterocycles. The van der Waals surface area contributed by atoms with E-state index in [9.17, 15) is 4.79 Å². The summed E-state index contributed by atoms with van der Waals surface area (Å²) in [5.41, 5.74) is 0. The Labute approximate surface area is 105 Å². The highest BCUT2D eigenvalue weighted by Crippen LogP contribution is 2.28. The largest absolute Gasteiger partial charge is 0.302 e. The average molecular weight is 238 g/mol. The van der Waals surface area contributed by atoms with Gasteiger partial charge in [-0.1, -0.05) is 0 Å². The van der Waals surface area contributed by atoms with Crippen molar-refractivity contribution in [2.24, 2.45) is 0 Å². The number of Topliss-reactive ketones (excluding diaryl/α,β-unsaturated/α-hetero) is 1. The van der Waals surface area contributed by atoms with Crippen LogP contribution in [-0.4, -0.2) is 54.3 Å². The van der Waals surface area contributed by atoms with E-state index >= 15 is 0 Å². The molecule has 0 N–H and O–H groups in total. The van der Waals surface area contributed by atoms with Crippen LogP contribution in [0, 0.1) is 0 Å². The maximum atomic E-state index is 10.9. The number of hydrogen-bond donors (Lipinski definition) is 0. The summed E-state index contributed by atoms with van der Waals surface area (Å²) >= 11 is 0. The Balaban J connectivity index is 1.70. The van der Waals surface area contributed by atoms with Crippen molar-refractivity contribution in [1.29, 1.82) is 0 Å². The fourth-order valence-corrected chi connectivity index (χ4v) is 3.29. The van der Waals surface area contributed by atoms with Gasteiger partial charge in [0.15, 0.2) is 0 Å². The van der Waals surface area contributed by atoms with Crippen LogP contribution in [0.1, 0.15) is 45.4 Å². The first-order valence-corrected chi connectivity index (χ1v) is 7.10. The predicted octanol–water partition coefficient (Wildman–Crippen LogP) is 1.91. The lowest BCUT2D eigenvalue weighted by Crippen LogP contribution is -2.37. The molecular weight excluding hydrogens is 212 g/mol. The summed E-state index contributed by atoms with van der Waals surface area (Å²) in [6.45, 7) is 5.38. The van der Waals surface area contributed by atoms with E-state index in [1.165, 1.54) is 45.3 Å². The Hall–Kier alpha value is -0.410. The Morgan fingerprint density at radius 2 is 1.94 bits per heavy atom. The number of likely N-dealkylation sites (tertiary alicyclic amines) is 1. The van der Waals surface area contributed by atoms with Gasteiger partial charge in [-0.3, -0.25) is 4.90 Å². The molecule has 2 aliphatic rings. The summed E-state index contributed by atoms with van der Waals surface area (Å²) < 4.78 is 0. The summed E-state index contributed by atoms with van der Waals surface area (Å²) in [5, 5.41) is 0. The number of hydrogen-bond acceptors (Lipinski definition) is 3. The molecule has 2 unspecified atom stereocenters. The van der Waals surface area contributed by atoms with Crippen LogP contribution in [0.5, 0.6) is 0 Å². The molecule has 0 radical (unpaired) electrons. The molecule has 3 nitrogen and oxygen atoms in total. The Morgan fingerprint density at radius 1 is 1.18 bits per heavy atom. The molecule has 0 saturated carbocycles. The van der Waals surface area contributed by atoms with Crippen LogP contribution in [-0.2, 0) is 4.79 Å². The minimum absolute atomic E-state index is 0.333. The second-order valence-corrected chi connectivity index (χ2v) is 5.80. The van der Waals surface area contributed by atoms with Crippen LogP contribution >= 0.6 is 0 Å². The topological polar surface area (TPSA) is 23.6 Å². The van der Waals surface area contributed by atoms with Crippen molar-refractivity contribution >= 4 is 5.78 Å². The van der Waals surface area contributed by atoms with Gasteiger partial charge in [-0.15, -0.1) is 0 Å². The first-order chi connectivity index (χ1) is 8.16. The minimum atomic E-state index is 0.333. The van der Waals surface area contributed by atoms with E-state index in [2.05, 4.69) is 16.8 Å². The van der Waals surface area contributed by atoms with Gasteiger partial charge in [0.1, 0.15) is 5.78 Å². The van der Waals surface area contributed by atoms with Crippen LogP contribution in [0.15, 0.2) is 0 Å². The van der Waals surface area contributed by atoms with Gasteiger partial charge >= 0.3 is 0 Å². The lowest BCUT2D eigenvalue weighted by molar-refractivity contribution is -0.117. The van der Waals surface area contributed by atoms with Crippen LogP contribution in [0.25, 0.3) is 0 Å². The van der Waals surface area contributed by atoms with Gasteiger partial charge in [0.05, 0.1) is 0 Å². The van der Waals surface area contributed by atoms with Crippen LogP contribution in [0.3, 0.4) is 0 Å². The fraction of sp³-hybridized carbons (Fsp3) is 0.929. The van der Waals surface area contributed by atoms with Gasteiger partial charge in [-0.25, -0.2) is 0 Å². The summed E-state index contributed by atoms with van der Waals surface area (Å²) in [4.78, 5) is 16.1. The highest BCUT2D eigenvalue weighted by atomic mass is 16.1. The van der Waals surface area contributed by atoms with Gasteiger partial charge in [0.2, 0.25) is 0 Å². The normalized spacial score (nSPS) is 30.5. The predicted molar refractivity (Wildman–Crippen MR) is 70.2 cm³/mol. The van der Waals surface area contributed by atoms with Crippen molar-refractivity contribution in [2.75, 3.05) is 26.7 Å². The van der Waals surface area contributed by atoms with Gasteiger partial charge in [0, 0.05) is 25.0 Å². The zero-order chi connectivity index (χ0) is 12.3. The van der Waals surface area contributed by atoms with Gasteiger partial charge in [0.25, 0.3) is 0 Å². The molecule has 0 aromatic rings. The number of nitrogens with zero attached hydrogens (tertiary/aromatic N) is 2. The molecule has 2 rings (SSSR count). The first kappa shape index (κ1) is 13.0. The van der Waals surface area contributed by atoms with Crippen molar-refractivity contribution in [3.05, 3.63) is 0 Å². The van der Waals surface area contributed by atoms with Gasteiger partial charge in [-0.2, -0.15) is 0 Å². The quantitative estimate of drug-likeness (QED) is 0.684. The molecule has 2 bridgehead atoms. The van der Waals surface area contributed by atoms with E-state index in [0.29, 0.717) is 5.78 Å². The standard InChI is InChI=1S/C14H26N2O/c1-12(17)5-3-4-9-16-10-8-13-6-7-14(11-16)15(13)2/h13-14H,3-11H2,1-2H3.